The number of hydrogen-bond acceptors (Lipinski definition) is 2. The van der Waals surface area contributed by atoms with E-state index < -0.39 is 0 Å². The minimum absolute atomic E-state index is 0.711. The van der Waals surface area contributed by atoms with Gasteiger partial charge in [-0.25, -0.2) is 9.97 Å². The first-order valence-corrected chi connectivity index (χ1v) is 16.3. The van der Waals surface area contributed by atoms with Crippen molar-refractivity contribution < 1.29 is 0 Å². The molecule has 0 atom stereocenters. The molecule has 0 N–H and O–H groups in total. The second-order valence-corrected chi connectivity index (χ2v) is 12.2. The summed E-state index contributed by atoms with van der Waals surface area (Å²) in [5, 5.41) is 7.70. The van der Waals surface area contributed by atoms with Crippen molar-refractivity contribution in [3.63, 3.8) is 0 Å². The van der Waals surface area contributed by atoms with Crippen molar-refractivity contribution in [2.45, 2.75) is 0 Å². The first-order chi connectivity index (χ1) is 23.8. The molecule has 8 aromatic carbocycles. The van der Waals surface area contributed by atoms with Crippen molar-refractivity contribution in [2.24, 2.45) is 0 Å². The second-order valence-electron chi connectivity index (χ2n) is 12.2. The lowest BCUT2D eigenvalue weighted by Gasteiger charge is -2.13. The normalized spacial score (nSPS) is 11.3. The fourth-order valence-electron chi connectivity index (χ4n) is 7.02. The molecule has 0 unspecified atom stereocenters. The average Bonchev–Trinajstić information content (AvgIpc) is 3.18. The van der Waals surface area contributed by atoms with E-state index in [1.165, 1.54) is 54.6 Å². The van der Waals surface area contributed by atoms with E-state index in [2.05, 4.69) is 164 Å². The Morgan fingerprint density at radius 2 is 0.792 bits per heavy atom. The van der Waals surface area contributed by atoms with Crippen LogP contribution in [0.15, 0.2) is 182 Å². The van der Waals surface area contributed by atoms with Gasteiger partial charge in [0.05, 0.1) is 5.69 Å². The van der Waals surface area contributed by atoms with Gasteiger partial charge < -0.3 is 0 Å². The topological polar surface area (TPSA) is 25.8 Å². The Bertz CT molecular complexity index is 2580. The molecule has 1 heterocycles. The van der Waals surface area contributed by atoms with Gasteiger partial charge in [-0.1, -0.05) is 152 Å². The lowest BCUT2D eigenvalue weighted by molar-refractivity contribution is 1.18. The van der Waals surface area contributed by atoms with Crippen molar-refractivity contribution in [1.29, 1.82) is 0 Å². The summed E-state index contributed by atoms with van der Waals surface area (Å²) in [6.07, 6.45) is 1.86. The first kappa shape index (κ1) is 27.9. The molecule has 0 bridgehead atoms. The van der Waals surface area contributed by atoms with Crippen molar-refractivity contribution in [2.75, 3.05) is 0 Å². The van der Waals surface area contributed by atoms with Crippen LogP contribution in [0.2, 0.25) is 0 Å². The van der Waals surface area contributed by atoms with Gasteiger partial charge in [-0.3, -0.25) is 0 Å². The number of nitrogens with zero attached hydrogens (tertiary/aromatic N) is 2. The smallest absolute Gasteiger partial charge is 0.160 e. The van der Waals surface area contributed by atoms with Gasteiger partial charge in [-0.15, -0.1) is 0 Å². The zero-order chi connectivity index (χ0) is 31.9. The molecule has 0 aliphatic rings. The van der Waals surface area contributed by atoms with Gasteiger partial charge in [0.15, 0.2) is 5.82 Å². The predicted octanol–water partition coefficient (Wildman–Crippen LogP) is 12.3. The van der Waals surface area contributed by atoms with Crippen LogP contribution >= 0.6 is 0 Å². The molecule has 0 amide bonds. The zero-order valence-corrected chi connectivity index (χ0v) is 26.2. The Labute approximate surface area is 279 Å². The average molecular weight is 611 g/mol. The third-order valence-corrected chi connectivity index (χ3v) is 9.34. The summed E-state index contributed by atoms with van der Waals surface area (Å²) in [5.74, 6) is 0.711. The molecule has 2 heteroatoms. The molecule has 0 saturated heterocycles. The molecule has 0 radical (unpaired) electrons. The maximum atomic E-state index is 5.09. The summed E-state index contributed by atoms with van der Waals surface area (Å²) in [6, 6.07) is 62.6. The monoisotopic (exact) mass is 610 g/mol. The highest BCUT2D eigenvalue weighted by atomic mass is 14.9. The van der Waals surface area contributed by atoms with E-state index in [9.17, 15) is 0 Å². The quantitative estimate of drug-likeness (QED) is 0.181. The Balaban J connectivity index is 1.12. The van der Waals surface area contributed by atoms with Gasteiger partial charge in [0, 0.05) is 17.3 Å². The fourth-order valence-corrected chi connectivity index (χ4v) is 7.02. The zero-order valence-electron chi connectivity index (χ0n) is 26.2. The predicted molar refractivity (Wildman–Crippen MR) is 202 cm³/mol. The van der Waals surface area contributed by atoms with Crippen molar-refractivity contribution in [3.05, 3.63) is 182 Å². The van der Waals surface area contributed by atoms with Gasteiger partial charge in [-0.2, -0.15) is 0 Å². The fraction of sp³-hybridized carbons (Fsp3) is 0. The highest BCUT2D eigenvalue weighted by molar-refractivity contribution is 6.25. The molecule has 1 aromatic heterocycles. The first-order valence-electron chi connectivity index (χ1n) is 16.3. The van der Waals surface area contributed by atoms with E-state index in [0.29, 0.717) is 5.82 Å². The van der Waals surface area contributed by atoms with E-state index in [1.807, 2.05) is 18.3 Å². The number of rotatable bonds is 5. The van der Waals surface area contributed by atoms with Gasteiger partial charge in [0.2, 0.25) is 0 Å². The third kappa shape index (κ3) is 4.92. The van der Waals surface area contributed by atoms with Gasteiger partial charge in [-0.05, 0) is 90.0 Å². The second kappa shape index (κ2) is 11.8. The maximum absolute atomic E-state index is 5.09. The molecule has 9 rings (SSSR count). The van der Waals surface area contributed by atoms with E-state index in [4.69, 9.17) is 9.97 Å². The summed E-state index contributed by atoms with van der Waals surface area (Å²) in [6.45, 7) is 0. The molecular formula is C46H30N2. The Morgan fingerprint density at radius 1 is 0.292 bits per heavy atom. The van der Waals surface area contributed by atoms with Gasteiger partial charge in [0.1, 0.15) is 0 Å². The number of hydrogen-bond donors (Lipinski definition) is 0. The minimum atomic E-state index is 0.711. The van der Waals surface area contributed by atoms with Crippen molar-refractivity contribution >= 4 is 32.3 Å². The van der Waals surface area contributed by atoms with Crippen LogP contribution in [0.3, 0.4) is 0 Å². The number of benzene rings is 8. The lowest BCUT2D eigenvalue weighted by Crippen LogP contribution is -1.94. The molecule has 0 fully saturated rings. The molecule has 224 valence electrons. The summed E-state index contributed by atoms with van der Waals surface area (Å²) >= 11 is 0. The van der Waals surface area contributed by atoms with Gasteiger partial charge in [0.25, 0.3) is 0 Å². The molecule has 2 nitrogen and oxygen atoms in total. The van der Waals surface area contributed by atoms with Crippen LogP contribution in [-0.2, 0) is 0 Å². The number of aromatic nitrogens is 2. The van der Waals surface area contributed by atoms with Crippen LogP contribution in [0.25, 0.3) is 88.3 Å². The molecule has 9 aromatic rings. The van der Waals surface area contributed by atoms with E-state index in [-0.39, 0.29) is 0 Å². The summed E-state index contributed by atoms with van der Waals surface area (Å²) in [4.78, 5) is 9.85. The molecule has 48 heavy (non-hydrogen) atoms. The lowest BCUT2D eigenvalue weighted by atomic mass is 9.91. The largest absolute Gasteiger partial charge is 0.237 e. The van der Waals surface area contributed by atoms with Crippen LogP contribution in [-0.4, -0.2) is 9.97 Å². The summed E-state index contributed by atoms with van der Waals surface area (Å²) in [5.41, 5.74) is 9.93. The highest BCUT2D eigenvalue weighted by Crippen LogP contribution is 2.38. The third-order valence-electron chi connectivity index (χ3n) is 9.34. The standard InChI is InChI=1S/C46H30N2/c1-2-12-31(13-3-1)32-14-11-17-36(29-32)45-26-27-47-46(48-45)43-23-9-4-18-37(43)35-16-10-15-33(28-35)34-24-25-42-40-21-6-5-19-38(40)39-20-7-8-22-41(39)44(42)30-34/h1-30H. The van der Waals surface area contributed by atoms with E-state index >= 15 is 0 Å². The SMILES string of the molecule is c1ccc(-c2cccc(-c3ccnc(-c4ccccc4-c4cccc(-c5ccc6c7ccccc7c7ccccc7c6c5)c4)n3)c2)cc1. The Hall–Kier alpha value is -6.38. The van der Waals surface area contributed by atoms with Crippen molar-refractivity contribution in [3.8, 4) is 56.0 Å². The Kier molecular flexibility index (Phi) is 6.84. The summed E-state index contributed by atoms with van der Waals surface area (Å²) < 4.78 is 0. The van der Waals surface area contributed by atoms with Crippen LogP contribution < -0.4 is 0 Å². The van der Waals surface area contributed by atoms with Crippen LogP contribution in [0, 0.1) is 0 Å². The molecule has 0 spiro atoms. The minimum Gasteiger partial charge on any atom is -0.237 e. The molecule has 0 aliphatic carbocycles. The van der Waals surface area contributed by atoms with E-state index in [0.717, 1.165) is 27.9 Å². The Morgan fingerprint density at radius 3 is 1.52 bits per heavy atom. The number of fused-ring (bicyclic) bond motifs is 6. The molecule has 0 aliphatic heterocycles. The van der Waals surface area contributed by atoms with Crippen LogP contribution in [0.1, 0.15) is 0 Å². The van der Waals surface area contributed by atoms with Crippen LogP contribution in [0.4, 0.5) is 0 Å². The van der Waals surface area contributed by atoms with Crippen molar-refractivity contribution in [1.82, 2.24) is 9.97 Å². The molecule has 0 saturated carbocycles. The van der Waals surface area contributed by atoms with Crippen LogP contribution in [0.5, 0.6) is 0 Å². The highest BCUT2D eigenvalue weighted by Gasteiger charge is 2.14. The maximum Gasteiger partial charge on any atom is 0.160 e. The summed E-state index contributed by atoms with van der Waals surface area (Å²) in [7, 11) is 0. The molecular weight excluding hydrogens is 581 g/mol. The van der Waals surface area contributed by atoms with E-state index in [1.54, 1.807) is 0 Å². The van der Waals surface area contributed by atoms with Gasteiger partial charge >= 0.3 is 0 Å².